The van der Waals surface area contributed by atoms with Gasteiger partial charge in [0.25, 0.3) is 0 Å². The number of carboxylic acid groups (broad SMARTS) is 1. The Morgan fingerprint density at radius 1 is 0.878 bits per heavy atom. The van der Waals surface area contributed by atoms with E-state index in [-0.39, 0.29) is 24.3 Å². The number of rotatable bonds is 13. The maximum atomic E-state index is 12.5. The van der Waals surface area contributed by atoms with Gasteiger partial charge in [0, 0.05) is 19.0 Å². The van der Waals surface area contributed by atoms with Crippen LogP contribution < -0.4 is 32.3 Å². The topological polar surface area (TPSA) is 234 Å². The number of amides is 5. The number of aliphatic carboxylic acids is 1. The van der Waals surface area contributed by atoms with Crippen LogP contribution >= 0.6 is 0 Å². The number of carbonyl (C=O) groups excluding carboxylic acids is 5. The van der Waals surface area contributed by atoms with Crippen LogP contribution in [0.1, 0.15) is 25.0 Å². The lowest BCUT2D eigenvalue weighted by Gasteiger charge is -2.24. The molecule has 2 aromatic rings. The molecule has 0 aromatic heterocycles. The van der Waals surface area contributed by atoms with Crippen molar-refractivity contribution in [2.45, 2.75) is 44.8 Å². The van der Waals surface area contributed by atoms with Crippen molar-refractivity contribution in [1.82, 2.24) is 16.0 Å². The molecule has 0 radical (unpaired) electrons. The van der Waals surface area contributed by atoms with E-state index in [0.29, 0.717) is 11.1 Å². The minimum absolute atomic E-state index is 0.0718. The fraction of sp³-hybridized carbons (Fsp3) is 0.333. The third-order valence-electron chi connectivity index (χ3n) is 5.90. The molecule has 220 valence electrons. The Morgan fingerprint density at radius 2 is 1.51 bits per heavy atom. The number of hydrogen-bond donors (Lipinski definition) is 7. The van der Waals surface area contributed by atoms with Crippen molar-refractivity contribution >= 4 is 41.2 Å². The first-order valence-electron chi connectivity index (χ1n) is 12.6. The lowest BCUT2D eigenvalue weighted by molar-refractivity contribution is -0.138. The molecule has 3 atom stereocenters. The van der Waals surface area contributed by atoms with Gasteiger partial charge in [0.15, 0.2) is 0 Å². The van der Waals surface area contributed by atoms with Gasteiger partial charge in [0.05, 0.1) is 12.6 Å². The number of carboxylic acids is 1. The molecule has 0 saturated carbocycles. The van der Waals surface area contributed by atoms with Crippen LogP contribution in [0.25, 0.3) is 0 Å². The van der Waals surface area contributed by atoms with E-state index in [0.717, 1.165) is 4.90 Å². The molecule has 0 unspecified atom stereocenters. The molecule has 2 rings (SSSR count). The van der Waals surface area contributed by atoms with Gasteiger partial charge in [-0.1, -0.05) is 30.3 Å². The van der Waals surface area contributed by atoms with Gasteiger partial charge < -0.3 is 37.2 Å². The number of carbonyl (C=O) groups is 6. The Morgan fingerprint density at radius 3 is 2.12 bits per heavy atom. The van der Waals surface area contributed by atoms with E-state index in [1.807, 2.05) is 0 Å². The zero-order valence-corrected chi connectivity index (χ0v) is 22.6. The molecule has 41 heavy (non-hydrogen) atoms. The minimum Gasteiger partial charge on any atom is -0.508 e. The number of imide groups is 1. The maximum Gasteiger partial charge on any atom is 0.320 e. The summed E-state index contributed by atoms with van der Waals surface area (Å²) in [5.74, 6) is -4.71. The molecular formula is C27H34N6O8. The standard InChI is InChI=1S/C27H34N6O8/c1-15(31-26(39)20(28)11-17-7-9-19(35)10-8-17)25(38)30-13-23(36)32-24(37)14-33(16(2)34)22-6-4-3-5-18(22)12-21(29)27(40)41/h3-10,15,20-21,35H,11-14,28-29H2,1-2H3,(H,30,38)(H,31,39)(H,40,41)(H,32,36,37)/t15-,20+,21+/m1/s1. The quantitative estimate of drug-likeness (QED) is 0.148. The molecule has 14 heteroatoms. The fourth-order valence-corrected chi connectivity index (χ4v) is 3.71. The Bertz CT molecular complexity index is 1280. The van der Waals surface area contributed by atoms with E-state index >= 15 is 0 Å². The summed E-state index contributed by atoms with van der Waals surface area (Å²) in [5, 5.41) is 25.3. The average molecular weight is 571 g/mol. The van der Waals surface area contributed by atoms with Gasteiger partial charge in [0.2, 0.25) is 29.5 Å². The molecule has 0 heterocycles. The van der Waals surface area contributed by atoms with Crippen molar-refractivity contribution in [3.63, 3.8) is 0 Å². The van der Waals surface area contributed by atoms with Gasteiger partial charge >= 0.3 is 5.97 Å². The minimum atomic E-state index is -1.23. The number of para-hydroxylation sites is 1. The van der Waals surface area contributed by atoms with E-state index in [4.69, 9.17) is 16.6 Å². The van der Waals surface area contributed by atoms with Gasteiger partial charge in [-0.25, -0.2) is 0 Å². The van der Waals surface area contributed by atoms with Crippen molar-refractivity contribution in [2.24, 2.45) is 11.5 Å². The summed E-state index contributed by atoms with van der Waals surface area (Å²) in [6.45, 7) is 1.45. The van der Waals surface area contributed by atoms with Crippen molar-refractivity contribution < 1.29 is 39.0 Å². The SMILES string of the molecule is CC(=O)N(CC(=O)NC(=O)CNC(=O)[C@@H](C)NC(=O)[C@@H](N)Cc1ccc(O)cc1)c1ccccc1C[C@H](N)C(=O)O. The van der Waals surface area contributed by atoms with Crippen molar-refractivity contribution in [2.75, 3.05) is 18.0 Å². The molecule has 0 saturated heterocycles. The summed E-state index contributed by atoms with van der Waals surface area (Å²) in [6, 6.07) is 9.23. The highest BCUT2D eigenvalue weighted by Gasteiger charge is 2.24. The third-order valence-corrected chi connectivity index (χ3v) is 5.90. The van der Waals surface area contributed by atoms with Crippen molar-refractivity contribution in [1.29, 1.82) is 0 Å². The molecule has 0 bridgehead atoms. The van der Waals surface area contributed by atoms with E-state index in [1.165, 1.54) is 32.0 Å². The highest BCUT2D eigenvalue weighted by Crippen LogP contribution is 2.22. The predicted octanol–water partition coefficient (Wildman–Crippen LogP) is -1.47. The van der Waals surface area contributed by atoms with Gasteiger partial charge in [-0.05, 0) is 42.7 Å². The van der Waals surface area contributed by atoms with Crippen LogP contribution in [-0.4, -0.2) is 76.9 Å². The molecule has 14 nitrogen and oxygen atoms in total. The largest absolute Gasteiger partial charge is 0.508 e. The molecule has 0 aliphatic heterocycles. The number of nitrogens with one attached hydrogen (secondary N) is 3. The summed E-state index contributed by atoms with van der Waals surface area (Å²) >= 11 is 0. The molecule has 2 aromatic carbocycles. The molecule has 0 aliphatic rings. The number of benzene rings is 2. The number of hydrogen-bond acceptors (Lipinski definition) is 9. The van der Waals surface area contributed by atoms with E-state index in [2.05, 4.69) is 16.0 Å². The Balaban J connectivity index is 1.87. The number of phenolic OH excluding ortho intramolecular Hbond substituents is 1. The highest BCUT2D eigenvalue weighted by molar-refractivity contribution is 6.04. The number of aromatic hydroxyl groups is 1. The summed E-state index contributed by atoms with van der Waals surface area (Å²) < 4.78 is 0. The second-order valence-electron chi connectivity index (χ2n) is 9.28. The van der Waals surface area contributed by atoms with Crippen LogP contribution in [-0.2, 0) is 41.6 Å². The first-order valence-corrected chi connectivity index (χ1v) is 12.6. The monoisotopic (exact) mass is 570 g/mol. The summed E-state index contributed by atoms with van der Waals surface area (Å²) in [4.78, 5) is 74.0. The van der Waals surface area contributed by atoms with Crippen molar-refractivity contribution in [3.05, 3.63) is 59.7 Å². The highest BCUT2D eigenvalue weighted by atomic mass is 16.4. The summed E-state index contributed by atoms with van der Waals surface area (Å²) in [7, 11) is 0. The molecule has 5 amide bonds. The number of nitrogens with zero attached hydrogens (tertiary/aromatic N) is 1. The number of anilines is 1. The molecular weight excluding hydrogens is 536 g/mol. The second-order valence-corrected chi connectivity index (χ2v) is 9.28. The molecule has 9 N–H and O–H groups in total. The van der Waals surface area contributed by atoms with E-state index in [1.54, 1.807) is 30.3 Å². The summed E-state index contributed by atoms with van der Waals surface area (Å²) in [6.07, 6.45) is 0.0669. The Hall–Kier alpha value is -4.82. The van der Waals surface area contributed by atoms with E-state index in [9.17, 15) is 33.9 Å². The maximum absolute atomic E-state index is 12.5. The second kappa shape index (κ2) is 15.1. The average Bonchev–Trinajstić information content (AvgIpc) is 2.91. The van der Waals surface area contributed by atoms with Crippen LogP contribution in [0, 0.1) is 0 Å². The third kappa shape index (κ3) is 10.3. The molecule has 0 fully saturated rings. The first-order chi connectivity index (χ1) is 19.3. The Labute approximate surface area is 236 Å². The lowest BCUT2D eigenvalue weighted by Crippen LogP contribution is -2.52. The molecule has 0 spiro atoms. The lowest BCUT2D eigenvalue weighted by atomic mass is 10.0. The fourth-order valence-electron chi connectivity index (χ4n) is 3.71. The van der Waals surface area contributed by atoms with Crippen LogP contribution in [0.4, 0.5) is 5.69 Å². The predicted molar refractivity (Wildman–Crippen MR) is 147 cm³/mol. The summed E-state index contributed by atoms with van der Waals surface area (Å²) in [5.41, 5.74) is 12.9. The normalized spacial score (nSPS) is 12.8. The van der Waals surface area contributed by atoms with Gasteiger partial charge in [-0.3, -0.25) is 34.1 Å². The van der Waals surface area contributed by atoms with Crippen molar-refractivity contribution in [3.8, 4) is 5.75 Å². The van der Waals surface area contributed by atoms with Gasteiger partial charge in [-0.2, -0.15) is 0 Å². The van der Waals surface area contributed by atoms with Crippen LogP contribution in [0.15, 0.2) is 48.5 Å². The van der Waals surface area contributed by atoms with Gasteiger partial charge in [-0.15, -0.1) is 0 Å². The zero-order valence-electron chi connectivity index (χ0n) is 22.6. The van der Waals surface area contributed by atoms with Crippen LogP contribution in [0.3, 0.4) is 0 Å². The number of nitrogens with two attached hydrogens (primary N) is 2. The zero-order chi connectivity index (χ0) is 30.7. The smallest absolute Gasteiger partial charge is 0.320 e. The number of phenols is 1. The Kier molecular flexibility index (Phi) is 11.9. The van der Waals surface area contributed by atoms with Crippen LogP contribution in [0.5, 0.6) is 5.75 Å². The first kappa shape index (κ1) is 32.4. The van der Waals surface area contributed by atoms with E-state index < -0.39 is 66.7 Å². The molecule has 0 aliphatic carbocycles. The van der Waals surface area contributed by atoms with Gasteiger partial charge in [0.1, 0.15) is 24.4 Å². The van der Waals surface area contributed by atoms with Crippen LogP contribution in [0.2, 0.25) is 0 Å².